The van der Waals surface area contributed by atoms with Crippen molar-refractivity contribution in [2.75, 3.05) is 0 Å². The molecule has 9 heteroatoms. The van der Waals surface area contributed by atoms with Crippen LogP contribution in [0.25, 0.3) is 0 Å². The van der Waals surface area contributed by atoms with Crippen molar-refractivity contribution in [3.05, 3.63) is 35.9 Å². The molecule has 4 rings (SSSR count). The van der Waals surface area contributed by atoms with Crippen molar-refractivity contribution >= 4 is 35.7 Å². The maximum atomic E-state index is 6.66. The van der Waals surface area contributed by atoms with Crippen molar-refractivity contribution < 1.29 is 21.2 Å². The number of hydrogen-bond acceptors (Lipinski definition) is 5. The lowest BCUT2D eigenvalue weighted by Crippen LogP contribution is -2.58. The van der Waals surface area contributed by atoms with E-state index in [4.69, 9.17) is 21.2 Å². The van der Waals surface area contributed by atoms with Gasteiger partial charge in [-0.25, -0.2) is 0 Å². The lowest BCUT2D eigenvalue weighted by Gasteiger charge is -2.42. The third-order valence-electron chi connectivity index (χ3n) is 6.83. The highest BCUT2D eigenvalue weighted by atomic mass is 28.5. The number of hydrogen-bond donors (Lipinski definition) is 0. The summed E-state index contributed by atoms with van der Waals surface area (Å²) in [6, 6.07) is 12.7. The second-order valence-electron chi connectivity index (χ2n) is 9.82. The van der Waals surface area contributed by atoms with Crippen molar-refractivity contribution in [3.63, 3.8) is 0 Å². The Balaban J connectivity index is 1.35. The van der Waals surface area contributed by atoms with Crippen LogP contribution in [0.1, 0.15) is 44.1 Å². The fourth-order valence-electron chi connectivity index (χ4n) is 5.39. The molecule has 0 bridgehead atoms. The molecule has 0 N–H and O–H groups in total. The minimum atomic E-state index is -2.33. The van der Waals surface area contributed by atoms with Gasteiger partial charge in [0.05, 0.1) is 12.2 Å². The average molecular weight is 483 g/mol. The van der Waals surface area contributed by atoms with E-state index in [1.165, 1.54) is 31.2 Å². The SMILES string of the molecule is CC(C[Si]1(C)O[SiH](C)O[Si](C)(CCC2CCC3OC3C2)O[SiH](C)O1)c1ccccc1. The van der Waals surface area contributed by atoms with E-state index < -0.39 is 35.7 Å². The van der Waals surface area contributed by atoms with Crippen LogP contribution in [0.4, 0.5) is 0 Å². The van der Waals surface area contributed by atoms with Gasteiger partial charge in [0.1, 0.15) is 0 Å². The molecule has 0 amide bonds. The van der Waals surface area contributed by atoms with Gasteiger partial charge in [-0.05, 0) is 81.4 Å². The fourth-order valence-corrected chi connectivity index (χ4v) is 23.3. The maximum absolute atomic E-state index is 6.66. The predicted molar refractivity (Wildman–Crippen MR) is 129 cm³/mol. The molecule has 1 aliphatic carbocycles. The van der Waals surface area contributed by atoms with Crippen LogP contribution >= 0.6 is 0 Å². The number of ether oxygens (including phenoxy) is 1. The Morgan fingerprint density at radius 1 is 0.933 bits per heavy atom. The summed E-state index contributed by atoms with van der Waals surface area (Å²) >= 11 is 0. The predicted octanol–water partition coefficient (Wildman–Crippen LogP) is 4.67. The molecule has 0 spiro atoms. The molecule has 0 radical (unpaired) electrons. The van der Waals surface area contributed by atoms with Crippen molar-refractivity contribution in [1.82, 2.24) is 0 Å². The summed E-state index contributed by atoms with van der Waals surface area (Å²) in [7, 11) is -8.19. The molecule has 1 saturated carbocycles. The first-order valence-corrected chi connectivity index (χ1v) is 20.9. The van der Waals surface area contributed by atoms with E-state index in [1.54, 1.807) is 0 Å². The Morgan fingerprint density at radius 3 is 2.20 bits per heavy atom. The molecule has 30 heavy (non-hydrogen) atoms. The normalized spacial score (nSPS) is 42.6. The van der Waals surface area contributed by atoms with Crippen LogP contribution in [0.2, 0.25) is 38.3 Å². The summed E-state index contributed by atoms with van der Waals surface area (Å²) in [6.07, 6.45) is 6.07. The number of epoxide rings is 1. The molecule has 2 saturated heterocycles. The largest absolute Gasteiger partial charge is 0.418 e. The van der Waals surface area contributed by atoms with Gasteiger partial charge < -0.3 is 21.2 Å². The molecule has 1 aromatic carbocycles. The summed E-state index contributed by atoms with van der Waals surface area (Å²) in [5.74, 6) is 1.17. The molecule has 6 unspecified atom stereocenters. The van der Waals surface area contributed by atoms with Gasteiger partial charge in [0.25, 0.3) is 0 Å². The first-order chi connectivity index (χ1) is 14.2. The zero-order valence-corrected chi connectivity index (χ0v) is 23.4. The van der Waals surface area contributed by atoms with Gasteiger partial charge in [-0.2, -0.15) is 0 Å². The summed E-state index contributed by atoms with van der Waals surface area (Å²) in [5, 5.41) is 0. The van der Waals surface area contributed by atoms with Gasteiger partial charge >= 0.3 is 35.7 Å². The molecule has 2 aliphatic heterocycles. The molecule has 168 valence electrons. The second-order valence-corrected chi connectivity index (χ2v) is 21.3. The molecule has 5 nitrogen and oxygen atoms in total. The monoisotopic (exact) mass is 482 g/mol. The molecule has 3 fully saturated rings. The molecule has 1 aromatic rings. The van der Waals surface area contributed by atoms with Crippen LogP contribution in [0, 0.1) is 5.92 Å². The average Bonchev–Trinajstić information content (AvgIpc) is 3.44. The molecular weight excluding hydrogens is 445 g/mol. The summed E-state index contributed by atoms with van der Waals surface area (Å²) in [6.45, 7) is 11.1. The van der Waals surface area contributed by atoms with E-state index in [9.17, 15) is 0 Å². The first kappa shape index (κ1) is 23.1. The van der Waals surface area contributed by atoms with Crippen molar-refractivity contribution in [1.29, 1.82) is 0 Å². The second kappa shape index (κ2) is 9.40. The maximum Gasteiger partial charge on any atom is 0.317 e. The van der Waals surface area contributed by atoms with E-state index in [0.717, 1.165) is 18.0 Å². The Labute approximate surface area is 187 Å². The highest BCUT2D eigenvalue weighted by Crippen LogP contribution is 2.42. The minimum Gasteiger partial charge on any atom is -0.418 e. The van der Waals surface area contributed by atoms with Crippen molar-refractivity contribution in [2.45, 2.75) is 89.0 Å². The van der Waals surface area contributed by atoms with Crippen LogP contribution in [0.3, 0.4) is 0 Å². The first-order valence-electron chi connectivity index (χ1n) is 11.7. The minimum absolute atomic E-state index is 0.410. The van der Waals surface area contributed by atoms with Gasteiger partial charge in [0, 0.05) is 0 Å². The summed E-state index contributed by atoms with van der Waals surface area (Å²) in [5.41, 5.74) is 1.35. The highest BCUT2D eigenvalue weighted by molar-refractivity contribution is 6.85. The van der Waals surface area contributed by atoms with E-state index in [2.05, 4.69) is 63.4 Å². The van der Waals surface area contributed by atoms with Gasteiger partial charge in [0.15, 0.2) is 0 Å². The Kier molecular flexibility index (Phi) is 7.23. The van der Waals surface area contributed by atoms with Crippen molar-refractivity contribution in [3.8, 4) is 0 Å². The van der Waals surface area contributed by atoms with E-state index in [1.807, 2.05) is 0 Å². The van der Waals surface area contributed by atoms with E-state index in [0.29, 0.717) is 18.1 Å². The van der Waals surface area contributed by atoms with Gasteiger partial charge in [0.2, 0.25) is 0 Å². The molecule has 6 atom stereocenters. The molecule has 0 aromatic heterocycles. The van der Waals surface area contributed by atoms with E-state index >= 15 is 0 Å². The lowest BCUT2D eigenvalue weighted by molar-refractivity contribution is 0.251. The summed E-state index contributed by atoms with van der Waals surface area (Å²) < 4.78 is 32.3. The lowest BCUT2D eigenvalue weighted by atomic mass is 9.88. The number of fused-ring (bicyclic) bond motifs is 1. The van der Waals surface area contributed by atoms with Gasteiger partial charge in [-0.3, -0.25) is 0 Å². The number of rotatable bonds is 6. The smallest absolute Gasteiger partial charge is 0.317 e. The molecular formula is C21H38O5Si4. The highest BCUT2D eigenvalue weighted by Gasteiger charge is 2.47. The quantitative estimate of drug-likeness (QED) is 0.435. The Bertz CT molecular complexity index is 694. The Hall–Kier alpha value is -0.112. The molecule has 2 heterocycles. The number of benzene rings is 1. The van der Waals surface area contributed by atoms with Crippen LogP contribution in [-0.4, -0.2) is 47.9 Å². The van der Waals surface area contributed by atoms with Gasteiger partial charge in [-0.15, -0.1) is 0 Å². The fraction of sp³-hybridized carbons (Fsp3) is 0.714. The van der Waals surface area contributed by atoms with Gasteiger partial charge in [-0.1, -0.05) is 37.3 Å². The Morgan fingerprint density at radius 2 is 1.57 bits per heavy atom. The van der Waals surface area contributed by atoms with Crippen LogP contribution < -0.4 is 0 Å². The molecule has 3 aliphatic rings. The zero-order valence-electron chi connectivity index (χ0n) is 19.1. The van der Waals surface area contributed by atoms with Crippen molar-refractivity contribution in [2.24, 2.45) is 5.92 Å². The zero-order chi connectivity index (χ0) is 21.4. The summed E-state index contributed by atoms with van der Waals surface area (Å²) in [4.78, 5) is 0. The van der Waals surface area contributed by atoms with E-state index in [-0.39, 0.29) is 0 Å². The van der Waals surface area contributed by atoms with Crippen LogP contribution in [0.15, 0.2) is 30.3 Å². The topological polar surface area (TPSA) is 49.5 Å². The van der Waals surface area contributed by atoms with Crippen LogP contribution in [-0.2, 0) is 21.2 Å². The third-order valence-corrected chi connectivity index (χ3v) is 22.7. The standard InChI is InChI=1S/C21H38O5Si4/c1-17(19-9-7-6-8-10-19)16-30(5)25-27(2)23-29(4,24-28(3)26-30)14-13-18-11-12-20-21(15-18)22-20/h6-10,17-18,20-21,27-28H,11-16H2,1-5H3. The third kappa shape index (κ3) is 6.02. The van der Waals surface area contributed by atoms with Crippen LogP contribution in [0.5, 0.6) is 0 Å².